The molecule has 3 N–H and O–H groups in total. The Morgan fingerprint density at radius 3 is 2.31 bits per heavy atom. The maximum atomic E-state index is 11.7. The Kier molecular flexibility index (Phi) is 5.41. The van der Waals surface area contributed by atoms with Gasteiger partial charge in [0.15, 0.2) is 9.84 Å². The molecule has 0 rings (SSSR count). The van der Waals surface area contributed by atoms with E-state index >= 15 is 0 Å². The lowest BCUT2D eigenvalue weighted by Crippen LogP contribution is -2.48. The van der Waals surface area contributed by atoms with Crippen molar-refractivity contribution >= 4 is 15.7 Å². The normalized spacial score (nSPS) is 14.6. The number of nitrogens with two attached hydrogens (primary N) is 1. The highest BCUT2D eigenvalue weighted by Gasteiger charge is 2.38. The van der Waals surface area contributed by atoms with Crippen LogP contribution in [0.15, 0.2) is 0 Å². The highest BCUT2D eigenvalue weighted by Crippen LogP contribution is 2.14. The molecule has 0 saturated heterocycles. The number of rotatable bonds is 6. The van der Waals surface area contributed by atoms with Gasteiger partial charge in [-0.15, -0.1) is 0 Å². The fourth-order valence-electron chi connectivity index (χ4n) is 0.956. The molecule has 0 fully saturated rings. The fraction of sp³-hybridized carbons (Fsp3) is 0.900. The second-order valence-electron chi connectivity index (χ2n) is 4.50. The van der Waals surface area contributed by atoms with Crippen molar-refractivity contribution in [3.05, 3.63) is 0 Å². The summed E-state index contributed by atoms with van der Waals surface area (Å²) in [5.74, 6) is -0.474. The molecule has 96 valence electrons. The van der Waals surface area contributed by atoms with E-state index in [0.717, 1.165) is 12.7 Å². The molecule has 0 saturated carbocycles. The van der Waals surface area contributed by atoms with Crippen LogP contribution in [0.2, 0.25) is 0 Å². The van der Waals surface area contributed by atoms with Gasteiger partial charge in [0.05, 0.1) is 0 Å². The van der Waals surface area contributed by atoms with Crippen molar-refractivity contribution < 1.29 is 13.2 Å². The molecule has 16 heavy (non-hydrogen) atoms. The molecule has 0 aliphatic heterocycles. The standard InChI is InChI=1S/C10H22N2O3S/c1-5-8(11)6-7-12-9(13)10(2,3)16(4,14)15/h8H,5-7,11H2,1-4H3,(H,12,13). The second-order valence-corrected chi connectivity index (χ2v) is 7.06. The van der Waals surface area contributed by atoms with E-state index in [1.54, 1.807) is 0 Å². The Bertz CT molecular complexity index is 336. The highest BCUT2D eigenvalue weighted by molar-refractivity contribution is 7.92. The minimum atomic E-state index is -3.40. The molecule has 6 heteroatoms. The van der Waals surface area contributed by atoms with Gasteiger partial charge in [0, 0.05) is 18.8 Å². The Morgan fingerprint density at radius 1 is 1.44 bits per heavy atom. The maximum Gasteiger partial charge on any atom is 0.240 e. The van der Waals surface area contributed by atoms with Crippen LogP contribution in [0.3, 0.4) is 0 Å². The lowest BCUT2D eigenvalue weighted by molar-refractivity contribution is -0.122. The van der Waals surface area contributed by atoms with Gasteiger partial charge < -0.3 is 11.1 Å². The Labute approximate surface area is 97.7 Å². The first-order chi connectivity index (χ1) is 7.13. The summed E-state index contributed by atoms with van der Waals surface area (Å²) in [5, 5.41) is 2.60. The summed E-state index contributed by atoms with van der Waals surface area (Å²) in [6.07, 6.45) is 2.55. The Hall–Kier alpha value is -0.620. The fourth-order valence-corrected chi connectivity index (χ4v) is 1.37. The van der Waals surface area contributed by atoms with Crippen LogP contribution in [0.25, 0.3) is 0 Å². The van der Waals surface area contributed by atoms with E-state index in [1.807, 2.05) is 6.92 Å². The molecule has 0 aliphatic rings. The predicted molar refractivity (Wildman–Crippen MR) is 64.8 cm³/mol. The van der Waals surface area contributed by atoms with Gasteiger partial charge in [0.25, 0.3) is 0 Å². The zero-order chi connectivity index (χ0) is 13.0. The van der Waals surface area contributed by atoms with Gasteiger partial charge in [-0.3, -0.25) is 4.79 Å². The van der Waals surface area contributed by atoms with E-state index in [4.69, 9.17) is 5.73 Å². The molecule has 0 aromatic rings. The lowest BCUT2D eigenvalue weighted by atomic mass is 10.1. The smallest absolute Gasteiger partial charge is 0.240 e. The summed E-state index contributed by atoms with van der Waals surface area (Å²) in [5.41, 5.74) is 5.68. The first kappa shape index (κ1) is 15.4. The molecule has 1 unspecified atom stereocenters. The number of carbonyl (C=O) groups is 1. The van der Waals surface area contributed by atoms with Crippen molar-refractivity contribution in [1.29, 1.82) is 0 Å². The topological polar surface area (TPSA) is 89.3 Å². The first-order valence-corrected chi connectivity index (χ1v) is 7.25. The van der Waals surface area contributed by atoms with Gasteiger partial charge in [0.1, 0.15) is 4.75 Å². The molecule has 5 nitrogen and oxygen atoms in total. The zero-order valence-corrected chi connectivity index (χ0v) is 11.2. The molecule has 0 aliphatic carbocycles. The van der Waals surface area contributed by atoms with Crippen molar-refractivity contribution in [2.45, 2.75) is 44.4 Å². The van der Waals surface area contributed by atoms with E-state index in [0.29, 0.717) is 13.0 Å². The summed E-state index contributed by atoms with van der Waals surface area (Å²) < 4.78 is 21.3. The zero-order valence-electron chi connectivity index (χ0n) is 10.4. The van der Waals surface area contributed by atoms with E-state index < -0.39 is 20.5 Å². The predicted octanol–water partition coefficient (Wildman–Crippen LogP) is 0.0532. The van der Waals surface area contributed by atoms with E-state index in [-0.39, 0.29) is 6.04 Å². The summed E-state index contributed by atoms with van der Waals surface area (Å²) in [6, 6.07) is 0.0432. The monoisotopic (exact) mass is 250 g/mol. The number of hydrogen-bond donors (Lipinski definition) is 2. The molecule has 1 amide bonds. The number of carbonyl (C=O) groups excluding carboxylic acids is 1. The maximum absolute atomic E-state index is 11.7. The Balaban J connectivity index is 4.28. The summed E-state index contributed by atoms with van der Waals surface area (Å²) in [6.45, 7) is 5.18. The number of nitrogens with one attached hydrogen (secondary N) is 1. The van der Waals surface area contributed by atoms with Gasteiger partial charge in [-0.1, -0.05) is 6.92 Å². The summed E-state index contributed by atoms with van der Waals surface area (Å²) >= 11 is 0. The van der Waals surface area contributed by atoms with Gasteiger partial charge in [-0.25, -0.2) is 8.42 Å². The number of amides is 1. The molecule has 0 aromatic heterocycles. The molecule has 0 radical (unpaired) electrons. The number of hydrogen-bond acceptors (Lipinski definition) is 4. The van der Waals surface area contributed by atoms with E-state index in [2.05, 4.69) is 5.32 Å². The van der Waals surface area contributed by atoms with Crippen LogP contribution in [0, 0.1) is 0 Å². The largest absolute Gasteiger partial charge is 0.355 e. The van der Waals surface area contributed by atoms with Crippen LogP contribution < -0.4 is 11.1 Å². The van der Waals surface area contributed by atoms with Crippen molar-refractivity contribution in [3.8, 4) is 0 Å². The van der Waals surface area contributed by atoms with Gasteiger partial charge in [-0.2, -0.15) is 0 Å². The van der Waals surface area contributed by atoms with Crippen molar-refractivity contribution in [2.75, 3.05) is 12.8 Å². The first-order valence-electron chi connectivity index (χ1n) is 5.36. The highest BCUT2D eigenvalue weighted by atomic mass is 32.2. The minimum absolute atomic E-state index is 0.0432. The lowest BCUT2D eigenvalue weighted by Gasteiger charge is -2.21. The molecular formula is C10H22N2O3S. The molecule has 0 aromatic carbocycles. The third-order valence-electron chi connectivity index (χ3n) is 2.80. The van der Waals surface area contributed by atoms with Crippen LogP contribution in [0.5, 0.6) is 0 Å². The third-order valence-corrected chi connectivity index (χ3v) is 4.84. The van der Waals surface area contributed by atoms with Crippen LogP contribution in [0.4, 0.5) is 0 Å². The summed E-state index contributed by atoms with van der Waals surface area (Å²) in [7, 11) is -3.40. The molecule has 1 atom stereocenters. The van der Waals surface area contributed by atoms with E-state index in [9.17, 15) is 13.2 Å². The van der Waals surface area contributed by atoms with Crippen LogP contribution >= 0.6 is 0 Å². The second kappa shape index (κ2) is 5.63. The quantitative estimate of drug-likeness (QED) is 0.697. The molecule has 0 heterocycles. The Morgan fingerprint density at radius 2 is 1.94 bits per heavy atom. The van der Waals surface area contributed by atoms with Gasteiger partial charge >= 0.3 is 0 Å². The van der Waals surface area contributed by atoms with Gasteiger partial charge in [-0.05, 0) is 26.7 Å². The molecular weight excluding hydrogens is 228 g/mol. The van der Waals surface area contributed by atoms with Crippen molar-refractivity contribution in [1.82, 2.24) is 5.32 Å². The minimum Gasteiger partial charge on any atom is -0.355 e. The van der Waals surface area contributed by atoms with Crippen molar-refractivity contribution in [2.24, 2.45) is 5.73 Å². The SMILES string of the molecule is CCC(N)CCNC(=O)C(C)(C)S(C)(=O)=O. The molecule has 0 spiro atoms. The van der Waals surface area contributed by atoms with E-state index in [1.165, 1.54) is 13.8 Å². The average Bonchev–Trinajstić information content (AvgIpc) is 2.15. The van der Waals surface area contributed by atoms with Crippen LogP contribution in [-0.2, 0) is 14.6 Å². The third kappa shape index (κ3) is 4.09. The average molecular weight is 250 g/mol. The van der Waals surface area contributed by atoms with Gasteiger partial charge in [0.2, 0.25) is 5.91 Å². The van der Waals surface area contributed by atoms with Crippen LogP contribution in [-0.4, -0.2) is 37.9 Å². The molecule has 0 bridgehead atoms. The van der Waals surface area contributed by atoms with Crippen LogP contribution in [0.1, 0.15) is 33.6 Å². The summed E-state index contributed by atoms with van der Waals surface area (Å²) in [4.78, 5) is 11.7. The van der Waals surface area contributed by atoms with Crippen molar-refractivity contribution in [3.63, 3.8) is 0 Å². The number of sulfone groups is 1.